The Labute approximate surface area is 220 Å². The maximum Gasteiger partial charge on any atom is 0.219 e. The monoisotopic (exact) mass is 505 g/mol. The molecular formula is C31H39NO5. The normalized spacial score (nSPS) is 12.1. The molecule has 0 saturated carbocycles. The molecule has 0 aliphatic rings. The van der Waals surface area contributed by atoms with Crippen molar-refractivity contribution in [3.63, 3.8) is 0 Å². The molecule has 0 heterocycles. The molecule has 6 heteroatoms. The molecule has 3 rings (SSSR count). The molecule has 1 unspecified atom stereocenters. The molecule has 1 amide bonds. The van der Waals surface area contributed by atoms with E-state index in [1.807, 2.05) is 73.7 Å². The number of unbranched alkanes of at least 4 members (excludes halogenated alkanes) is 1. The average Bonchev–Trinajstić information content (AvgIpc) is 2.97. The van der Waals surface area contributed by atoms with Crippen LogP contribution in [0.1, 0.15) is 49.3 Å². The van der Waals surface area contributed by atoms with E-state index in [1.54, 1.807) is 14.2 Å². The van der Waals surface area contributed by atoms with Crippen molar-refractivity contribution in [2.45, 2.75) is 38.2 Å². The van der Waals surface area contributed by atoms with Gasteiger partial charge in [0.15, 0.2) is 0 Å². The minimum Gasteiger partial charge on any atom is -0.497 e. The van der Waals surface area contributed by atoms with Crippen LogP contribution in [0.2, 0.25) is 0 Å². The highest BCUT2D eigenvalue weighted by Gasteiger charge is 2.38. The molecule has 0 aliphatic carbocycles. The third-order valence-corrected chi connectivity index (χ3v) is 6.65. The molecule has 0 aliphatic heterocycles. The smallest absolute Gasteiger partial charge is 0.219 e. The fourth-order valence-electron chi connectivity index (χ4n) is 4.46. The van der Waals surface area contributed by atoms with E-state index in [1.165, 1.54) is 0 Å². The van der Waals surface area contributed by atoms with E-state index in [4.69, 9.17) is 14.2 Å². The van der Waals surface area contributed by atoms with Crippen molar-refractivity contribution in [1.29, 1.82) is 0 Å². The molecule has 0 fully saturated rings. The molecule has 2 N–H and O–H groups in total. The van der Waals surface area contributed by atoms with Crippen LogP contribution in [0.5, 0.6) is 11.5 Å². The van der Waals surface area contributed by atoms with E-state index in [9.17, 15) is 9.90 Å². The van der Waals surface area contributed by atoms with E-state index in [0.717, 1.165) is 47.5 Å². The highest BCUT2D eigenvalue weighted by molar-refractivity contribution is 5.75. The Balaban J connectivity index is 1.92. The number of ether oxygens (including phenoxy) is 3. The number of carbonyl (C=O) groups is 1. The van der Waals surface area contributed by atoms with Crippen LogP contribution in [0.3, 0.4) is 0 Å². The van der Waals surface area contributed by atoms with Gasteiger partial charge in [-0.1, -0.05) is 67.9 Å². The first-order chi connectivity index (χ1) is 18.1. The third-order valence-electron chi connectivity index (χ3n) is 6.65. The minimum absolute atomic E-state index is 0.0252. The summed E-state index contributed by atoms with van der Waals surface area (Å²) in [5, 5.41) is 13.1. The van der Waals surface area contributed by atoms with Crippen LogP contribution < -0.4 is 14.8 Å². The lowest BCUT2D eigenvalue weighted by Gasteiger charge is -2.37. The summed E-state index contributed by atoms with van der Waals surface area (Å²) in [6.45, 7) is 2.89. The van der Waals surface area contributed by atoms with Gasteiger partial charge >= 0.3 is 0 Å². The summed E-state index contributed by atoms with van der Waals surface area (Å²) in [7, 11) is 3.30. The quantitative estimate of drug-likeness (QED) is 0.216. The third kappa shape index (κ3) is 7.34. The molecular weight excluding hydrogens is 466 g/mol. The number of methoxy groups -OCH3 is 2. The van der Waals surface area contributed by atoms with Crippen LogP contribution in [-0.4, -0.2) is 45.0 Å². The average molecular weight is 506 g/mol. The van der Waals surface area contributed by atoms with Gasteiger partial charge in [-0.15, -0.1) is 0 Å². The molecule has 3 aromatic carbocycles. The standard InChI is InChI=1S/C31H39NO5/c1-4-30(34)32-21-9-8-10-24(22-33)23-37-31(25-11-6-5-7-12-25,26-13-17-28(35-2)18-14-26)27-15-19-29(36-3)20-16-27/h5-7,11-20,24,33H,4,8-10,21-23H2,1-3H3,(H,32,34). The second-order valence-corrected chi connectivity index (χ2v) is 9.06. The fraction of sp³-hybridized carbons (Fsp3) is 0.387. The number of hydrogen-bond donors (Lipinski definition) is 2. The zero-order chi connectivity index (χ0) is 26.5. The summed E-state index contributed by atoms with van der Waals surface area (Å²) in [4.78, 5) is 11.5. The first-order valence-electron chi connectivity index (χ1n) is 12.9. The predicted molar refractivity (Wildman–Crippen MR) is 146 cm³/mol. The zero-order valence-corrected chi connectivity index (χ0v) is 22.1. The number of benzene rings is 3. The van der Waals surface area contributed by atoms with Crippen LogP contribution in [-0.2, 0) is 15.1 Å². The number of aliphatic hydroxyl groups excluding tert-OH is 1. The molecule has 37 heavy (non-hydrogen) atoms. The highest BCUT2D eigenvalue weighted by Crippen LogP contribution is 2.42. The van der Waals surface area contributed by atoms with Crippen LogP contribution in [0.25, 0.3) is 0 Å². The largest absolute Gasteiger partial charge is 0.497 e. The lowest BCUT2D eigenvalue weighted by atomic mass is 9.79. The number of rotatable bonds is 15. The van der Waals surface area contributed by atoms with Crippen molar-refractivity contribution < 1.29 is 24.1 Å². The van der Waals surface area contributed by atoms with Gasteiger partial charge in [0.2, 0.25) is 5.91 Å². The Bertz CT molecular complexity index is 1020. The Hall–Kier alpha value is -3.35. The van der Waals surface area contributed by atoms with Crippen LogP contribution in [0, 0.1) is 5.92 Å². The minimum atomic E-state index is -0.900. The van der Waals surface area contributed by atoms with Gasteiger partial charge in [-0.2, -0.15) is 0 Å². The van der Waals surface area contributed by atoms with E-state index >= 15 is 0 Å². The SMILES string of the molecule is CCC(=O)NCCCCC(CO)COC(c1ccccc1)(c1ccc(OC)cc1)c1ccc(OC)cc1. The van der Waals surface area contributed by atoms with Crippen LogP contribution >= 0.6 is 0 Å². The number of amides is 1. The van der Waals surface area contributed by atoms with E-state index < -0.39 is 5.60 Å². The molecule has 0 spiro atoms. The summed E-state index contributed by atoms with van der Waals surface area (Å²) in [5.41, 5.74) is 2.01. The molecule has 6 nitrogen and oxygen atoms in total. The Morgan fingerprint density at radius 3 is 1.86 bits per heavy atom. The van der Waals surface area contributed by atoms with Crippen molar-refractivity contribution in [2.24, 2.45) is 5.92 Å². The molecule has 3 aromatic rings. The molecule has 0 aromatic heterocycles. The van der Waals surface area contributed by atoms with Gasteiger partial charge in [0, 0.05) is 25.5 Å². The molecule has 0 saturated heterocycles. The van der Waals surface area contributed by atoms with Crippen molar-refractivity contribution in [3.8, 4) is 11.5 Å². The van der Waals surface area contributed by atoms with Gasteiger partial charge in [0.1, 0.15) is 17.1 Å². The van der Waals surface area contributed by atoms with Gasteiger partial charge in [-0.3, -0.25) is 4.79 Å². The molecule has 198 valence electrons. The number of hydrogen-bond acceptors (Lipinski definition) is 5. The number of aliphatic hydroxyl groups is 1. The second-order valence-electron chi connectivity index (χ2n) is 9.06. The van der Waals surface area contributed by atoms with E-state index in [2.05, 4.69) is 17.4 Å². The predicted octanol–water partition coefficient (Wildman–Crippen LogP) is 5.32. The van der Waals surface area contributed by atoms with Gasteiger partial charge < -0.3 is 24.6 Å². The van der Waals surface area contributed by atoms with Gasteiger partial charge in [-0.25, -0.2) is 0 Å². The van der Waals surface area contributed by atoms with Gasteiger partial charge in [0.25, 0.3) is 0 Å². The fourth-order valence-corrected chi connectivity index (χ4v) is 4.46. The lowest BCUT2D eigenvalue weighted by molar-refractivity contribution is -0.120. The van der Waals surface area contributed by atoms with Crippen molar-refractivity contribution >= 4 is 5.91 Å². The molecule has 0 radical (unpaired) electrons. The topological polar surface area (TPSA) is 77.0 Å². The summed E-state index contributed by atoms with van der Waals surface area (Å²) in [6.07, 6.45) is 3.05. The number of nitrogens with one attached hydrogen (secondary N) is 1. The molecule has 0 bridgehead atoms. The Kier molecular flexibility index (Phi) is 11.0. The summed E-state index contributed by atoms with van der Waals surface area (Å²) in [6, 6.07) is 26.0. The Morgan fingerprint density at radius 1 is 0.838 bits per heavy atom. The van der Waals surface area contributed by atoms with Crippen molar-refractivity contribution in [3.05, 3.63) is 95.6 Å². The zero-order valence-electron chi connectivity index (χ0n) is 22.1. The van der Waals surface area contributed by atoms with Gasteiger partial charge in [-0.05, 0) is 53.8 Å². The first-order valence-corrected chi connectivity index (χ1v) is 12.9. The van der Waals surface area contributed by atoms with E-state index in [-0.39, 0.29) is 18.4 Å². The summed E-state index contributed by atoms with van der Waals surface area (Å²) in [5.74, 6) is 1.56. The summed E-state index contributed by atoms with van der Waals surface area (Å²) >= 11 is 0. The first kappa shape index (κ1) is 28.2. The van der Waals surface area contributed by atoms with Crippen LogP contribution in [0.15, 0.2) is 78.9 Å². The Morgan fingerprint density at radius 2 is 1.38 bits per heavy atom. The van der Waals surface area contributed by atoms with Crippen LogP contribution in [0.4, 0.5) is 0 Å². The maximum absolute atomic E-state index is 11.5. The van der Waals surface area contributed by atoms with Crippen molar-refractivity contribution in [2.75, 3.05) is 34.0 Å². The van der Waals surface area contributed by atoms with Crippen molar-refractivity contribution in [1.82, 2.24) is 5.32 Å². The highest BCUT2D eigenvalue weighted by atomic mass is 16.5. The van der Waals surface area contributed by atoms with Gasteiger partial charge in [0.05, 0.1) is 20.8 Å². The second kappa shape index (κ2) is 14.4. The number of carbonyl (C=O) groups excluding carboxylic acids is 1. The lowest BCUT2D eigenvalue weighted by Crippen LogP contribution is -2.35. The maximum atomic E-state index is 11.5. The molecule has 1 atom stereocenters. The summed E-state index contributed by atoms with van der Waals surface area (Å²) < 4.78 is 17.7. The van der Waals surface area contributed by atoms with E-state index in [0.29, 0.717) is 19.6 Å².